The van der Waals surface area contributed by atoms with Crippen molar-refractivity contribution in [2.75, 3.05) is 37.7 Å². The maximum Gasteiger partial charge on any atom is 0.270 e. The summed E-state index contributed by atoms with van der Waals surface area (Å²) in [6.07, 6.45) is 3.10. The zero-order valence-corrected chi connectivity index (χ0v) is 11.9. The van der Waals surface area contributed by atoms with Crippen molar-refractivity contribution in [1.82, 2.24) is 15.6 Å². The Bertz CT molecular complexity index is 517. The van der Waals surface area contributed by atoms with Crippen LogP contribution in [0.2, 0.25) is 0 Å². The molecule has 4 rings (SSSR count). The number of pyridine rings is 1. The Morgan fingerprint density at radius 3 is 2.90 bits per heavy atom. The van der Waals surface area contributed by atoms with Crippen LogP contribution in [-0.2, 0) is 4.74 Å². The van der Waals surface area contributed by atoms with Gasteiger partial charge in [-0.3, -0.25) is 4.79 Å². The molecule has 1 aromatic heterocycles. The van der Waals surface area contributed by atoms with Gasteiger partial charge >= 0.3 is 0 Å². The third-order valence-electron chi connectivity index (χ3n) is 4.62. The average Bonchev–Trinajstić information content (AvgIpc) is 2.98. The van der Waals surface area contributed by atoms with Gasteiger partial charge in [-0.15, -0.1) is 0 Å². The first kappa shape index (κ1) is 13.0. The molecule has 1 amide bonds. The van der Waals surface area contributed by atoms with E-state index in [0.29, 0.717) is 11.6 Å². The lowest BCUT2D eigenvalue weighted by Gasteiger charge is -2.29. The van der Waals surface area contributed by atoms with Crippen molar-refractivity contribution in [2.24, 2.45) is 5.92 Å². The summed E-state index contributed by atoms with van der Waals surface area (Å²) in [5.74, 6) is 0.430. The van der Waals surface area contributed by atoms with Gasteiger partial charge in [0, 0.05) is 38.7 Å². The van der Waals surface area contributed by atoms with Gasteiger partial charge in [0.05, 0.1) is 24.0 Å². The number of carbonyl (C=O) groups excluding carboxylic acids is 1. The van der Waals surface area contributed by atoms with Gasteiger partial charge in [0.25, 0.3) is 5.91 Å². The molecule has 3 unspecified atom stereocenters. The standard InChI is InChI=1S/C15H20N4O2/c20-15(18-13-11-3-8-21-14(11)13)12-2-1-10(9-17-12)19-6-4-16-5-7-19/h1-2,9,11,13-14,16H,3-8H2,(H,18,20). The number of nitrogens with zero attached hydrogens (tertiary/aromatic N) is 2. The third-order valence-corrected chi connectivity index (χ3v) is 4.62. The zero-order chi connectivity index (χ0) is 14.2. The van der Waals surface area contributed by atoms with E-state index in [4.69, 9.17) is 4.74 Å². The second kappa shape index (κ2) is 5.27. The minimum atomic E-state index is -0.0927. The molecule has 0 spiro atoms. The lowest BCUT2D eigenvalue weighted by atomic mass is 10.2. The van der Waals surface area contributed by atoms with Crippen molar-refractivity contribution < 1.29 is 9.53 Å². The summed E-state index contributed by atoms with van der Waals surface area (Å²) in [4.78, 5) is 18.8. The largest absolute Gasteiger partial charge is 0.376 e. The Morgan fingerprint density at radius 1 is 1.38 bits per heavy atom. The van der Waals surface area contributed by atoms with Gasteiger partial charge in [-0.1, -0.05) is 0 Å². The Hall–Kier alpha value is -1.66. The van der Waals surface area contributed by atoms with E-state index in [1.165, 1.54) is 0 Å². The maximum absolute atomic E-state index is 12.2. The molecule has 1 saturated carbocycles. The van der Waals surface area contributed by atoms with E-state index in [0.717, 1.165) is 44.9 Å². The van der Waals surface area contributed by atoms with Gasteiger partial charge in [-0.2, -0.15) is 0 Å². The van der Waals surface area contributed by atoms with Crippen LogP contribution in [-0.4, -0.2) is 55.8 Å². The fourth-order valence-corrected chi connectivity index (χ4v) is 3.30. The number of ether oxygens (including phenoxy) is 1. The van der Waals surface area contributed by atoms with Crippen LogP contribution in [0.4, 0.5) is 5.69 Å². The Labute approximate surface area is 123 Å². The van der Waals surface area contributed by atoms with E-state index in [1.54, 1.807) is 6.20 Å². The van der Waals surface area contributed by atoms with Gasteiger partial charge in [-0.05, 0) is 18.6 Å². The van der Waals surface area contributed by atoms with Crippen LogP contribution in [0.1, 0.15) is 16.9 Å². The average molecular weight is 288 g/mol. The monoisotopic (exact) mass is 288 g/mol. The van der Waals surface area contributed by atoms with Crippen molar-refractivity contribution >= 4 is 11.6 Å². The summed E-state index contributed by atoms with van der Waals surface area (Å²) >= 11 is 0. The highest BCUT2D eigenvalue weighted by Crippen LogP contribution is 2.42. The number of hydrogen-bond acceptors (Lipinski definition) is 5. The first-order valence-corrected chi connectivity index (χ1v) is 7.67. The first-order chi connectivity index (χ1) is 10.3. The second-order valence-corrected chi connectivity index (χ2v) is 5.93. The highest BCUT2D eigenvalue weighted by atomic mass is 16.5. The summed E-state index contributed by atoms with van der Waals surface area (Å²) < 4.78 is 5.53. The lowest BCUT2D eigenvalue weighted by Crippen LogP contribution is -2.43. The Balaban J connectivity index is 1.37. The van der Waals surface area contributed by atoms with Crippen LogP contribution in [0.5, 0.6) is 0 Å². The van der Waals surface area contributed by atoms with Crippen LogP contribution in [0.3, 0.4) is 0 Å². The number of nitrogens with one attached hydrogen (secondary N) is 2. The molecular weight excluding hydrogens is 268 g/mol. The summed E-state index contributed by atoms with van der Waals surface area (Å²) in [5, 5.41) is 6.34. The predicted molar refractivity (Wildman–Crippen MR) is 78.4 cm³/mol. The number of aromatic nitrogens is 1. The lowest BCUT2D eigenvalue weighted by molar-refractivity contribution is 0.0911. The SMILES string of the molecule is O=C(NC1C2CCOC21)c1ccc(N2CCNCC2)cn1. The predicted octanol–water partition coefficient (Wildman–Crippen LogP) is 0.00830. The molecule has 1 aromatic rings. The molecule has 0 radical (unpaired) electrons. The number of anilines is 1. The normalized spacial score (nSPS) is 30.9. The summed E-state index contributed by atoms with van der Waals surface area (Å²) in [7, 11) is 0. The molecule has 2 aliphatic heterocycles. The minimum Gasteiger partial charge on any atom is -0.376 e. The number of carbonyl (C=O) groups is 1. The molecule has 3 aliphatic rings. The van der Waals surface area contributed by atoms with Gasteiger partial charge in [0.15, 0.2) is 0 Å². The molecule has 1 aliphatic carbocycles. The van der Waals surface area contributed by atoms with E-state index in [-0.39, 0.29) is 18.1 Å². The summed E-state index contributed by atoms with van der Waals surface area (Å²) in [6, 6.07) is 3.99. The van der Waals surface area contributed by atoms with Crippen molar-refractivity contribution in [2.45, 2.75) is 18.6 Å². The van der Waals surface area contributed by atoms with Crippen molar-refractivity contribution in [3.05, 3.63) is 24.0 Å². The Morgan fingerprint density at radius 2 is 2.24 bits per heavy atom. The van der Waals surface area contributed by atoms with Gasteiger partial charge < -0.3 is 20.3 Å². The van der Waals surface area contributed by atoms with Gasteiger partial charge in [0.2, 0.25) is 0 Å². The smallest absolute Gasteiger partial charge is 0.270 e. The molecule has 0 aromatic carbocycles. The van der Waals surface area contributed by atoms with E-state index in [2.05, 4.69) is 20.5 Å². The second-order valence-electron chi connectivity index (χ2n) is 5.93. The molecule has 0 bridgehead atoms. The Kier molecular flexibility index (Phi) is 3.27. The molecule has 2 N–H and O–H groups in total. The molecule has 3 heterocycles. The molecule has 3 atom stereocenters. The molecule has 6 heteroatoms. The summed E-state index contributed by atoms with van der Waals surface area (Å²) in [5.41, 5.74) is 1.57. The summed E-state index contributed by atoms with van der Waals surface area (Å²) in [6.45, 7) is 4.78. The van der Waals surface area contributed by atoms with Crippen molar-refractivity contribution in [1.29, 1.82) is 0 Å². The van der Waals surface area contributed by atoms with Gasteiger partial charge in [0.1, 0.15) is 5.69 Å². The van der Waals surface area contributed by atoms with Crippen molar-refractivity contribution in [3.63, 3.8) is 0 Å². The highest BCUT2D eigenvalue weighted by molar-refractivity contribution is 5.93. The molecular formula is C15H20N4O2. The molecule has 6 nitrogen and oxygen atoms in total. The maximum atomic E-state index is 12.2. The molecule has 3 fully saturated rings. The van der Waals surface area contributed by atoms with Gasteiger partial charge in [-0.25, -0.2) is 4.98 Å². The number of hydrogen-bond donors (Lipinski definition) is 2. The fraction of sp³-hybridized carbons (Fsp3) is 0.600. The van der Waals surface area contributed by atoms with Crippen LogP contribution in [0.25, 0.3) is 0 Å². The van der Waals surface area contributed by atoms with Crippen LogP contribution < -0.4 is 15.5 Å². The van der Waals surface area contributed by atoms with Crippen LogP contribution in [0.15, 0.2) is 18.3 Å². The minimum absolute atomic E-state index is 0.0927. The van der Waals surface area contributed by atoms with Crippen LogP contribution in [0, 0.1) is 5.92 Å². The number of amides is 1. The number of rotatable bonds is 3. The fourth-order valence-electron chi connectivity index (χ4n) is 3.30. The topological polar surface area (TPSA) is 66.5 Å². The number of piperazine rings is 1. The highest BCUT2D eigenvalue weighted by Gasteiger charge is 2.55. The molecule has 112 valence electrons. The van der Waals surface area contributed by atoms with E-state index in [1.807, 2.05) is 12.1 Å². The van der Waals surface area contributed by atoms with E-state index < -0.39 is 0 Å². The van der Waals surface area contributed by atoms with Crippen molar-refractivity contribution in [3.8, 4) is 0 Å². The van der Waals surface area contributed by atoms with Crippen LogP contribution >= 0.6 is 0 Å². The third kappa shape index (κ3) is 2.49. The molecule has 21 heavy (non-hydrogen) atoms. The van der Waals surface area contributed by atoms with E-state index >= 15 is 0 Å². The molecule has 2 saturated heterocycles. The first-order valence-electron chi connectivity index (χ1n) is 7.67. The zero-order valence-electron chi connectivity index (χ0n) is 11.9. The quantitative estimate of drug-likeness (QED) is 0.820. The number of fused-ring (bicyclic) bond motifs is 1. The van der Waals surface area contributed by atoms with E-state index in [9.17, 15) is 4.79 Å².